The number of nitrogens with zero attached hydrogens (tertiary/aromatic N) is 3. The minimum atomic E-state index is -0.273. The highest BCUT2D eigenvalue weighted by Crippen LogP contribution is 2.23. The van der Waals surface area contributed by atoms with Crippen LogP contribution < -0.4 is 15.0 Å². The van der Waals surface area contributed by atoms with Crippen LogP contribution in [0.1, 0.15) is 34.3 Å². The van der Waals surface area contributed by atoms with Crippen molar-refractivity contribution in [3.05, 3.63) is 71.1 Å². The summed E-state index contributed by atoms with van der Waals surface area (Å²) in [6, 6.07) is 14.7. The first-order valence-electron chi connectivity index (χ1n) is 12.1. The second-order valence-electron chi connectivity index (χ2n) is 8.60. The molecule has 1 N–H and O–H groups in total. The summed E-state index contributed by atoms with van der Waals surface area (Å²) >= 11 is 0. The van der Waals surface area contributed by atoms with E-state index in [0.717, 1.165) is 30.0 Å². The number of carbonyl (C=O) groups is 2. The molecule has 3 aromatic rings. The number of amides is 2. The Morgan fingerprint density at radius 3 is 2.47 bits per heavy atom. The summed E-state index contributed by atoms with van der Waals surface area (Å²) in [6.45, 7) is 9.18. The molecule has 2 heterocycles. The molecule has 36 heavy (non-hydrogen) atoms. The number of likely N-dealkylation sites (N-methyl/N-ethyl adjacent to an activating group) is 1. The van der Waals surface area contributed by atoms with Crippen LogP contribution in [0, 0.1) is 13.8 Å². The molecule has 1 aromatic heterocycles. The van der Waals surface area contributed by atoms with E-state index in [4.69, 9.17) is 14.0 Å². The molecular formula is C27H32N4O5. The average Bonchev–Trinajstić information content (AvgIpc) is 3.23. The average molecular weight is 493 g/mol. The molecule has 0 unspecified atom stereocenters. The van der Waals surface area contributed by atoms with E-state index in [2.05, 4.69) is 15.4 Å². The molecule has 0 aliphatic carbocycles. The van der Waals surface area contributed by atoms with Crippen molar-refractivity contribution in [3.63, 3.8) is 0 Å². The lowest BCUT2D eigenvalue weighted by Crippen LogP contribution is -2.38. The molecule has 0 atom stereocenters. The third-order valence-corrected chi connectivity index (χ3v) is 6.20. The molecule has 1 aliphatic rings. The molecule has 1 saturated heterocycles. The molecule has 9 nitrogen and oxygen atoms in total. The zero-order valence-corrected chi connectivity index (χ0v) is 21.0. The van der Waals surface area contributed by atoms with Crippen LogP contribution in [-0.4, -0.2) is 61.3 Å². The summed E-state index contributed by atoms with van der Waals surface area (Å²) in [6.07, 6.45) is 0. The minimum absolute atomic E-state index is 0.0707. The summed E-state index contributed by atoms with van der Waals surface area (Å²) in [7, 11) is 0. The molecular weight excluding hydrogens is 460 g/mol. The van der Waals surface area contributed by atoms with E-state index < -0.39 is 0 Å². The molecule has 2 aromatic carbocycles. The van der Waals surface area contributed by atoms with Gasteiger partial charge in [0.2, 0.25) is 5.91 Å². The highest BCUT2D eigenvalue weighted by atomic mass is 16.5. The number of nitrogens with one attached hydrogen (secondary N) is 1. The number of anilines is 2. The molecule has 0 radical (unpaired) electrons. The standard InChI is InChI=1S/C27H32N4O5/c1-4-30(17-26(32)28-21-9-11-22(12-10-21)31-13-15-34-16-14-31)27(33)23-7-5-6-8-25(23)35-18-24-19(2)29-36-20(24)3/h5-12H,4,13-18H2,1-3H3,(H,28,32). The number of aromatic nitrogens is 1. The Morgan fingerprint density at radius 1 is 1.08 bits per heavy atom. The summed E-state index contributed by atoms with van der Waals surface area (Å²) in [5.41, 5.74) is 3.78. The lowest BCUT2D eigenvalue weighted by atomic mass is 10.1. The van der Waals surface area contributed by atoms with Crippen LogP contribution in [0.15, 0.2) is 53.1 Å². The number of hydrogen-bond acceptors (Lipinski definition) is 7. The molecule has 0 spiro atoms. The van der Waals surface area contributed by atoms with Gasteiger partial charge >= 0.3 is 0 Å². The first kappa shape index (κ1) is 25.2. The molecule has 190 valence electrons. The van der Waals surface area contributed by atoms with Gasteiger partial charge in [0, 0.05) is 31.0 Å². The maximum absolute atomic E-state index is 13.3. The summed E-state index contributed by atoms with van der Waals surface area (Å²) in [5, 5.41) is 6.83. The van der Waals surface area contributed by atoms with Crippen molar-refractivity contribution in [3.8, 4) is 5.75 Å². The van der Waals surface area contributed by atoms with Crippen LogP contribution in [-0.2, 0) is 16.1 Å². The monoisotopic (exact) mass is 492 g/mol. The van der Waals surface area contributed by atoms with Crippen molar-refractivity contribution in [1.82, 2.24) is 10.1 Å². The van der Waals surface area contributed by atoms with Gasteiger partial charge in [-0.05, 0) is 57.2 Å². The van der Waals surface area contributed by atoms with Crippen LogP contribution in [0.4, 0.5) is 11.4 Å². The molecule has 1 aliphatic heterocycles. The predicted octanol–water partition coefficient (Wildman–Crippen LogP) is 3.81. The lowest BCUT2D eigenvalue weighted by Gasteiger charge is -2.29. The number of morpholine rings is 1. The second kappa shape index (κ2) is 11.7. The van der Waals surface area contributed by atoms with Gasteiger partial charge < -0.3 is 29.1 Å². The van der Waals surface area contributed by atoms with Gasteiger partial charge in [0.25, 0.3) is 5.91 Å². The number of benzene rings is 2. The van der Waals surface area contributed by atoms with Gasteiger partial charge in [0.05, 0.1) is 30.0 Å². The quantitative estimate of drug-likeness (QED) is 0.485. The lowest BCUT2D eigenvalue weighted by molar-refractivity contribution is -0.116. The first-order chi connectivity index (χ1) is 17.5. The topological polar surface area (TPSA) is 97.1 Å². The van der Waals surface area contributed by atoms with Crippen molar-refractivity contribution in [2.24, 2.45) is 0 Å². The van der Waals surface area contributed by atoms with E-state index in [1.165, 1.54) is 4.90 Å². The zero-order valence-electron chi connectivity index (χ0n) is 21.0. The van der Waals surface area contributed by atoms with Crippen molar-refractivity contribution >= 4 is 23.2 Å². The number of aryl methyl sites for hydroxylation is 2. The highest BCUT2D eigenvalue weighted by Gasteiger charge is 2.21. The van der Waals surface area contributed by atoms with E-state index in [1.807, 2.05) is 51.1 Å². The van der Waals surface area contributed by atoms with Crippen LogP contribution in [0.2, 0.25) is 0 Å². The van der Waals surface area contributed by atoms with Gasteiger partial charge in [0.1, 0.15) is 24.7 Å². The summed E-state index contributed by atoms with van der Waals surface area (Å²) in [5.74, 6) is 0.587. The maximum Gasteiger partial charge on any atom is 0.258 e. The maximum atomic E-state index is 13.3. The molecule has 9 heteroatoms. The van der Waals surface area contributed by atoms with Gasteiger partial charge in [-0.1, -0.05) is 17.3 Å². The van der Waals surface area contributed by atoms with Gasteiger partial charge in [0.15, 0.2) is 0 Å². The van der Waals surface area contributed by atoms with Crippen LogP contribution in [0.3, 0.4) is 0 Å². The fourth-order valence-electron chi connectivity index (χ4n) is 4.08. The third kappa shape index (κ3) is 6.04. The van der Waals surface area contributed by atoms with Crippen molar-refractivity contribution in [2.75, 3.05) is 49.6 Å². The number of ether oxygens (including phenoxy) is 2. The third-order valence-electron chi connectivity index (χ3n) is 6.20. The predicted molar refractivity (Wildman–Crippen MR) is 136 cm³/mol. The molecule has 0 bridgehead atoms. The molecule has 2 amide bonds. The second-order valence-corrected chi connectivity index (χ2v) is 8.60. The Bertz CT molecular complexity index is 1170. The van der Waals surface area contributed by atoms with E-state index in [1.54, 1.807) is 18.2 Å². The molecule has 0 saturated carbocycles. The van der Waals surface area contributed by atoms with E-state index >= 15 is 0 Å². The Balaban J connectivity index is 1.38. The van der Waals surface area contributed by atoms with Crippen molar-refractivity contribution in [2.45, 2.75) is 27.4 Å². The number of carbonyl (C=O) groups excluding carboxylic acids is 2. The zero-order chi connectivity index (χ0) is 25.5. The Kier molecular flexibility index (Phi) is 8.22. The molecule has 4 rings (SSSR count). The van der Waals surface area contributed by atoms with E-state index in [9.17, 15) is 9.59 Å². The summed E-state index contributed by atoms with van der Waals surface area (Å²) in [4.78, 5) is 29.8. The number of rotatable bonds is 9. The highest BCUT2D eigenvalue weighted by molar-refractivity contribution is 6.01. The van der Waals surface area contributed by atoms with Gasteiger partial charge in [-0.3, -0.25) is 9.59 Å². The summed E-state index contributed by atoms with van der Waals surface area (Å²) < 4.78 is 16.5. The smallest absolute Gasteiger partial charge is 0.258 e. The Morgan fingerprint density at radius 2 is 1.81 bits per heavy atom. The largest absolute Gasteiger partial charge is 0.488 e. The van der Waals surface area contributed by atoms with E-state index in [-0.39, 0.29) is 25.0 Å². The van der Waals surface area contributed by atoms with Crippen LogP contribution in [0.25, 0.3) is 0 Å². The Labute approximate surface area is 211 Å². The number of para-hydroxylation sites is 1. The van der Waals surface area contributed by atoms with Crippen molar-refractivity contribution < 1.29 is 23.6 Å². The number of hydrogen-bond donors (Lipinski definition) is 1. The molecule has 1 fully saturated rings. The fraction of sp³-hybridized carbons (Fsp3) is 0.370. The fourth-order valence-corrected chi connectivity index (χ4v) is 4.08. The van der Waals surface area contributed by atoms with Crippen LogP contribution >= 0.6 is 0 Å². The van der Waals surface area contributed by atoms with Gasteiger partial charge in [-0.25, -0.2) is 0 Å². The van der Waals surface area contributed by atoms with Crippen molar-refractivity contribution in [1.29, 1.82) is 0 Å². The normalized spacial score (nSPS) is 13.4. The van der Waals surface area contributed by atoms with Crippen LogP contribution in [0.5, 0.6) is 5.75 Å². The Hall–Kier alpha value is -3.85. The minimum Gasteiger partial charge on any atom is -0.488 e. The van der Waals surface area contributed by atoms with E-state index in [0.29, 0.717) is 42.5 Å². The SMILES string of the molecule is CCN(CC(=O)Nc1ccc(N2CCOCC2)cc1)C(=O)c1ccccc1OCc1c(C)noc1C. The first-order valence-corrected chi connectivity index (χ1v) is 12.1. The van der Waals surface area contributed by atoms with Gasteiger partial charge in [-0.2, -0.15) is 0 Å². The van der Waals surface area contributed by atoms with Gasteiger partial charge in [-0.15, -0.1) is 0 Å².